The molecule has 140 valence electrons. The minimum Gasteiger partial charge on any atom is -0.349 e. The van der Waals surface area contributed by atoms with Crippen LogP contribution in [-0.4, -0.2) is 48.5 Å². The summed E-state index contributed by atoms with van der Waals surface area (Å²) in [7, 11) is -3.67. The third-order valence-electron chi connectivity index (χ3n) is 4.30. The van der Waals surface area contributed by atoms with Gasteiger partial charge in [0.2, 0.25) is 10.0 Å². The summed E-state index contributed by atoms with van der Waals surface area (Å²) in [5, 5.41) is 0.498. The van der Waals surface area contributed by atoms with Crippen LogP contribution in [-0.2, 0) is 16.6 Å². The van der Waals surface area contributed by atoms with Gasteiger partial charge in [-0.25, -0.2) is 13.4 Å². The molecule has 1 aromatic heterocycles. The van der Waals surface area contributed by atoms with Crippen LogP contribution in [0.2, 0.25) is 10.0 Å². The van der Waals surface area contributed by atoms with Crippen LogP contribution in [0, 0.1) is 0 Å². The van der Waals surface area contributed by atoms with Crippen LogP contribution in [0.25, 0.3) is 0 Å². The van der Waals surface area contributed by atoms with Gasteiger partial charge in [0, 0.05) is 45.1 Å². The van der Waals surface area contributed by atoms with E-state index < -0.39 is 10.0 Å². The second kappa shape index (κ2) is 7.56. The molecule has 0 unspecified atom stereocenters. The largest absolute Gasteiger partial charge is 0.349 e. The lowest BCUT2D eigenvalue weighted by Gasteiger charge is -2.34. The van der Waals surface area contributed by atoms with Crippen molar-refractivity contribution in [2.24, 2.45) is 0 Å². The third kappa shape index (κ3) is 3.59. The quantitative estimate of drug-likeness (QED) is 0.762. The highest BCUT2D eigenvalue weighted by Crippen LogP contribution is 2.27. The molecule has 0 aliphatic carbocycles. The van der Waals surface area contributed by atoms with Gasteiger partial charge in [0.15, 0.2) is 5.82 Å². The highest BCUT2D eigenvalue weighted by Gasteiger charge is 2.30. The molecule has 2 aromatic rings. The van der Waals surface area contributed by atoms with E-state index in [1.807, 2.05) is 11.8 Å². The molecular weight excluding hydrogens is 399 g/mol. The van der Waals surface area contributed by atoms with Gasteiger partial charge in [-0.2, -0.15) is 4.31 Å². The van der Waals surface area contributed by atoms with Gasteiger partial charge in [-0.1, -0.05) is 23.2 Å². The Hall–Kier alpha value is -1.61. The molecule has 0 saturated carbocycles. The molecular formula is C16H18Cl2N4O3S. The molecule has 1 aromatic carbocycles. The number of benzene rings is 1. The fraction of sp³-hybridized carbons (Fsp3) is 0.375. The maximum absolute atomic E-state index is 12.8. The predicted octanol–water partition coefficient (Wildman–Crippen LogP) is 2.08. The van der Waals surface area contributed by atoms with E-state index in [0.717, 1.165) is 0 Å². The summed E-state index contributed by atoms with van der Waals surface area (Å²) < 4.78 is 28.5. The number of hydrogen-bond donors (Lipinski definition) is 0. The lowest BCUT2D eigenvalue weighted by atomic mass is 10.3. The van der Waals surface area contributed by atoms with Crippen molar-refractivity contribution in [2.45, 2.75) is 18.4 Å². The van der Waals surface area contributed by atoms with E-state index in [1.165, 1.54) is 22.5 Å². The smallest absolute Gasteiger partial charge is 0.293 e. The Labute approximate surface area is 161 Å². The second-order valence-corrected chi connectivity index (χ2v) is 8.56. The average molecular weight is 417 g/mol. The molecule has 0 spiro atoms. The van der Waals surface area contributed by atoms with E-state index in [0.29, 0.717) is 30.5 Å². The van der Waals surface area contributed by atoms with Crippen molar-refractivity contribution in [3.05, 3.63) is 51.0 Å². The number of rotatable bonds is 4. The number of aromatic nitrogens is 2. The highest BCUT2D eigenvalue weighted by atomic mass is 35.5. The van der Waals surface area contributed by atoms with Crippen LogP contribution in [0.4, 0.5) is 5.82 Å². The van der Waals surface area contributed by atoms with Crippen molar-refractivity contribution in [1.82, 2.24) is 13.9 Å². The summed E-state index contributed by atoms with van der Waals surface area (Å²) in [4.78, 5) is 18.5. The first kappa shape index (κ1) is 19.2. The molecule has 1 aliphatic heterocycles. The molecule has 7 nitrogen and oxygen atoms in total. The van der Waals surface area contributed by atoms with Gasteiger partial charge in [-0.3, -0.25) is 4.79 Å². The van der Waals surface area contributed by atoms with Crippen molar-refractivity contribution in [1.29, 1.82) is 0 Å². The van der Waals surface area contributed by atoms with E-state index in [1.54, 1.807) is 17.0 Å². The van der Waals surface area contributed by atoms with Crippen LogP contribution >= 0.6 is 23.2 Å². The van der Waals surface area contributed by atoms with Crippen molar-refractivity contribution in [3.8, 4) is 0 Å². The second-order valence-electron chi connectivity index (χ2n) is 5.81. The van der Waals surface area contributed by atoms with Gasteiger partial charge in [0.05, 0.1) is 14.9 Å². The summed E-state index contributed by atoms with van der Waals surface area (Å²) in [6.45, 7) is 3.72. The van der Waals surface area contributed by atoms with Gasteiger partial charge in [0.25, 0.3) is 5.56 Å². The normalized spacial score (nSPS) is 16.0. The molecule has 1 saturated heterocycles. The standard InChI is InChI=1S/C16H18Cl2N4O3S/c1-2-20-6-5-19-15(16(20)23)21-7-9-22(10-8-21)26(24,25)12-3-4-13(17)14(18)11-12/h3-6,11H,2,7-10H2,1H3. The maximum Gasteiger partial charge on any atom is 0.293 e. The van der Waals surface area contributed by atoms with Gasteiger partial charge in [-0.15, -0.1) is 0 Å². The number of nitrogens with zero attached hydrogens (tertiary/aromatic N) is 4. The first-order valence-corrected chi connectivity index (χ1v) is 10.3. The first-order chi connectivity index (χ1) is 12.3. The summed E-state index contributed by atoms with van der Waals surface area (Å²) >= 11 is 11.8. The lowest BCUT2D eigenvalue weighted by Crippen LogP contribution is -2.50. The minimum atomic E-state index is -3.67. The zero-order valence-corrected chi connectivity index (χ0v) is 16.4. The summed E-state index contributed by atoms with van der Waals surface area (Å²) in [5.74, 6) is 0.348. The Bertz CT molecular complexity index is 970. The number of halogens is 2. The Balaban J connectivity index is 1.78. The zero-order valence-electron chi connectivity index (χ0n) is 14.1. The fourth-order valence-corrected chi connectivity index (χ4v) is 4.64. The first-order valence-electron chi connectivity index (χ1n) is 8.10. The molecule has 1 fully saturated rings. The molecule has 0 radical (unpaired) electrons. The molecule has 1 aliphatic rings. The number of aryl methyl sites for hydroxylation is 1. The van der Waals surface area contributed by atoms with Gasteiger partial charge < -0.3 is 9.47 Å². The SMILES string of the molecule is CCn1ccnc(N2CCN(S(=O)(=O)c3ccc(Cl)c(Cl)c3)CC2)c1=O. The number of anilines is 1. The molecule has 26 heavy (non-hydrogen) atoms. The average Bonchev–Trinajstić information content (AvgIpc) is 2.64. The van der Waals surface area contributed by atoms with Crippen LogP contribution < -0.4 is 10.5 Å². The van der Waals surface area contributed by atoms with Crippen LogP contribution in [0.5, 0.6) is 0 Å². The number of piperazine rings is 1. The molecule has 0 amide bonds. The molecule has 2 heterocycles. The highest BCUT2D eigenvalue weighted by molar-refractivity contribution is 7.89. The zero-order chi connectivity index (χ0) is 18.9. The Morgan fingerprint density at radius 1 is 1.12 bits per heavy atom. The van der Waals surface area contributed by atoms with Crippen molar-refractivity contribution in [2.75, 3.05) is 31.1 Å². The topological polar surface area (TPSA) is 75.5 Å². The van der Waals surface area contributed by atoms with E-state index in [9.17, 15) is 13.2 Å². The molecule has 0 bridgehead atoms. The van der Waals surface area contributed by atoms with Gasteiger partial charge in [-0.05, 0) is 25.1 Å². The van der Waals surface area contributed by atoms with Crippen LogP contribution in [0.1, 0.15) is 6.92 Å². The van der Waals surface area contributed by atoms with Crippen LogP contribution in [0.15, 0.2) is 40.3 Å². The van der Waals surface area contributed by atoms with Gasteiger partial charge in [0.1, 0.15) is 0 Å². The Morgan fingerprint density at radius 2 is 1.81 bits per heavy atom. The molecule has 0 N–H and O–H groups in total. The summed E-state index contributed by atoms with van der Waals surface area (Å²) in [6.07, 6.45) is 3.22. The molecule has 0 atom stereocenters. The summed E-state index contributed by atoms with van der Waals surface area (Å²) in [6, 6.07) is 4.26. The van der Waals surface area contributed by atoms with E-state index in [-0.39, 0.29) is 28.6 Å². The van der Waals surface area contributed by atoms with Crippen molar-refractivity contribution in [3.63, 3.8) is 0 Å². The van der Waals surface area contributed by atoms with Crippen molar-refractivity contribution < 1.29 is 8.42 Å². The van der Waals surface area contributed by atoms with Gasteiger partial charge >= 0.3 is 0 Å². The molecule has 10 heteroatoms. The minimum absolute atomic E-state index is 0.103. The monoisotopic (exact) mass is 416 g/mol. The Kier molecular flexibility index (Phi) is 5.57. The maximum atomic E-state index is 12.8. The lowest BCUT2D eigenvalue weighted by molar-refractivity contribution is 0.383. The summed E-state index contributed by atoms with van der Waals surface area (Å²) in [5.41, 5.74) is -0.171. The van der Waals surface area contributed by atoms with Crippen molar-refractivity contribution >= 4 is 39.0 Å². The fourth-order valence-electron chi connectivity index (χ4n) is 2.83. The molecule has 3 rings (SSSR count). The van der Waals surface area contributed by atoms with E-state index in [4.69, 9.17) is 23.2 Å². The number of hydrogen-bond acceptors (Lipinski definition) is 5. The number of sulfonamides is 1. The van der Waals surface area contributed by atoms with E-state index in [2.05, 4.69) is 4.98 Å². The van der Waals surface area contributed by atoms with Crippen LogP contribution in [0.3, 0.4) is 0 Å². The Morgan fingerprint density at radius 3 is 2.42 bits per heavy atom. The third-order valence-corrected chi connectivity index (χ3v) is 6.94. The predicted molar refractivity (Wildman–Crippen MR) is 102 cm³/mol. The van der Waals surface area contributed by atoms with E-state index >= 15 is 0 Å².